The van der Waals surface area contributed by atoms with Gasteiger partial charge in [0.15, 0.2) is 10.4 Å². The highest BCUT2D eigenvalue weighted by molar-refractivity contribution is 9.10. The van der Waals surface area contributed by atoms with Crippen molar-refractivity contribution in [3.8, 4) is 23.0 Å². The van der Waals surface area contributed by atoms with E-state index in [-0.39, 0.29) is 0 Å². The van der Waals surface area contributed by atoms with Gasteiger partial charge in [-0.1, -0.05) is 5.16 Å². The molecule has 1 aromatic carbocycles. The molecule has 2 N–H and O–H groups in total. The zero-order valence-electron chi connectivity index (χ0n) is 9.13. The highest BCUT2D eigenvalue weighted by Gasteiger charge is 2.13. The summed E-state index contributed by atoms with van der Waals surface area (Å²) in [6.45, 7) is 0. The van der Waals surface area contributed by atoms with E-state index < -0.39 is 0 Å². The molecular weight excluding hydrogens is 298 g/mol. The van der Waals surface area contributed by atoms with E-state index >= 15 is 0 Å². The summed E-state index contributed by atoms with van der Waals surface area (Å²) in [4.78, 5) is 4.26. The molecule has 90 valence electrons. The standard InChI is InChI=1S/C12H8BrN3O2/c13-10-6-5-9(17-10)12-15-11(16-18-12)7-1-3-8(14)4-2-7/h1-6H,14H2. The summed E-state index contributed by atoms with van der Waals surface area (Å²) in [6, 6.07) is 10.8. The van der Waals surface area contributed by atoms with Gasteiger partial charge in [-0.15, -0.1) is 0 Å². The number of rotatable bonds is 2. The molecular formula is C12H8BrN3O2. The molecule has 0 saturated carbocycles. The lowest BCUT2D eigenvalue weighted by Gasteiger charge is -1.94. The van der Waals surface area contributed by atoms with E-state index in [0.29, 0.717) is 27.8 Å². The van der Waals surface area contributed by atoms with Crippen LogP contribution >= 0.6 is 15.9 Å². The molecule has 3 aromatic rings. The van der Waals surface area contributed by atoms with Crippen LogP contribution < -0.4 is 5.73 Å². The zero-order valence-corrected chi connectivity index (χ0v) is 10.7. The zero-order chi connectivity index (χ0) is 12.5. The van der Waals surface area contributed by atoms with Crippen LogP contribution in [-0.2, 0) is 0 Å². The number of nitrogens with two attached hydrogens (primary N) is 1. The smallest absolute Gasteiger partial charge is 0.293 e. The van der Waals surface area contributed by atoms with Gasteiger partial charge < -0.3 is 14.7 Å². The van der Waals surface area contributed by atoms with Crippen LogP contribution in [0.5, 0.6) is 0 Å². The average molecular weight is 306 g/mol. The van der Waals surface area contributed by atoms with E-state index in [1.165, 1.54) is 0 Å². The first kappa shape index (κ1) is 11.0. The maximum Gasteiger partial charge on any atom is 0.293 e. The Hall–Kier alpha value is -2.08. The van der Waals surface area contributed by atoms with Crippen LogP contribution in [0.2, 0.25) is 0 Å². The van der Waals surface area contributed by atoms with Crippen LogP contribution in [0.1, 0.15) is 0 Å². The number of aromatic nitrogens is 2. The van der Waals surface area contributed by atoms with Crippen molar-refractivity contribution in [3.63, 3.8) is 0 Å². The van der Waals surface area contributed by atoms with Crippen LogP contribution in [0.25, 0.3) is 23.0 Å². The second kappa shape index (κ2) is 4.30. The Bertz CT molecular complexity index is 673. The molecule has 0 bridgehead atoms. The lowest BCUT2D eigenvalue weighted by Crippen LogP contribution is -1.85. The Morgan fingerprint density at radius 1 is 1.06 bits per heavy atom. The molecule has 0 spiro atoms. The van der Waals surface area contributed by atoms with E-state index in [4.69, 9.17) is 14.7 Å². The van der Waals surface area contributed by atoms with Crippen molar-refractivity contribution in [2.24, 2.45) is 0 Å². The maximum atomic E-state index is 5.62. The quantitative estimate of drug-likeness (QED) is 0.735. The molecule has 5 nitrogen and oxygen atoms in total. The van der Waals surface area contributed by atoms with Gasteiger partial charge in [-0.25, -0.2) is 0 Å². The maximum absolute atomic E-state index is 5.62. The number of anilines is 1. The number of benzene rings is 1. The first-order valence-corrected chi connectivity index (χ1v) is 5.97. The summed E-state index contributed by atoms with van der Waals surface area (Å²) in [5.41, 5.74) is 7.15. The van der Waals surface area contributed by atoms with E-state index in [1.807, 2.05) is 12.1 Å². The summed E-state index contributed by atoms with van der Waals surface area (Å²) in [7, 11) is 0. The molecule has 3 rings (SSSR count). The largest absolute Gasteiger partial charge is 0.444 e. The lowest BCUT2D eigenvalue weighted by molar-refractivity contribution is 0.414. The minimum Gasteiger partial charge on any atom is -0.444 e. The van der Waals surface area contributed by atoms with Crippen LogP contribution in [0, 0.1) is 0 Å². The van der Waals surface area contributed by atoms with Crippen molar-refractivity contribution in [2.45, 2.75) is 0 Å². The van der Waals surface area contributed by atoms with Crippen molar-refractivity contribution in [1.29, 1.82) is 0 Å². The molecule has 0 fully saturated rings. The first-order valence-electron chi connectivity index (χ1n) is 5.18. The number of nitrogens with zero attached hydrogens (tertiary/aromatic N) is 2. The fraction of sp³-hybridized carbons (Fsp3) is 0. The van der Waals surface area contributed by atoms with Crippen molar-refractivity contribution in [1.82, 2.24) is 10.1 Å². The molecule has 0 amide bonds. The second-order valence-electron chi connectivity index (χ2n) is 3.65. The highest BCUT2D eigenvalue weighted by atomic mass is 79.9. The second-order valence-corrected chi connectivity index (χ2v) is 4.43. The molecule has 0 atom stereocenters. The Balaban J connectivity index is 1.96. The van der Waals surface area contributed by atoms with Crippen LogP contribution in [0.4, 0.5) is 5.69 Å². The Morgan fingerprint density at radius 2 is 1.83 bits per heavy atom. The lowest BCUT2D eigenvalue weighted by atomic mass is 10.2. The van der Waals surface area contributed by atoms with Crippen molar-refractivity contribution < 1.29 is 8.94 Å². The number of hydrogen-bond acceptors (Lipinski definition) is 5. The van der Waals surface area contributed by atoms with Crippen LogP contribution in [0.15, 0.2) is 50.0 Å². The van der Waals surface area contributed by atoms with Gasteiger partial charge in [0.25, 0.3) is 5.89 Å². The van der Waals surface area contributed by atoms with Gasteiger partial charge in [0.1, 0.15) is 0 Å². The SMILES string of the molecule is Nc1ccc(-c2noc(-c3ccc(Br)o3)n2)cc1. The van der Waals surface area contributed by atoms with Gasteiger partial charge in [-0.2, -0.15) is 4.98 Å². The average Bonchev–Trinajstić information content (AvgIpc) is 2.98. The summed E-state index contributed by atoms with van der Waals surface area (Å²) >= 11 is 3.22. The molecule has 18 heavy (non-hydrogen) atoms. The van der Waals surface area contributed by atoms with E-state index in [2.05, 4.69) is 26.1 Å². The Morgan fingerprint density at radius 3 is 2.50 bits per heavy atom. The summed E-state index contributed by atoms with van der Waals surface area (Å²) in [5.74, 6) is 1.36. The molecule has 0 radical (unpaired) electrons. The van der Waals surface area contributed by atoms with Gasteiger partial charge in [0, 0.05) is 11.3 Å². The number of halogens is 1. The van der Waals surface area contributed by atoms with Gasteiger partial charge in [-0.3, -0.25) is 0 Å². The molecule has 2 aromatic heterocycles. The topological polar surface area (TPSA) is 78.1 Å². The van der Waals surface area contributed by atoms with Crippen molar-refractivity contribution >= 4 is 21.6 Å². The van der Waals surface area contributed by atoms with Gasteiger partial charge in [0.2, 0.25) is 5.82 Å². The van der Waals surface area contributed by atoms with E-state index in [0.717, 1.165) is 5.56 Å². The number of furan rings is 1. The minimum absolute atomic E-state index is 0.340. The van der Waals surface area contributed by atoms with E-state index in [9.17, 15) is 0 Å². The van der Waals surface area contributed by atoms with Gasteiger partial charge in [0.05, 0.1) is 0 Å². The highest BCUT2D eigenvalue weighted by Crippen LogP contribution is 2.26. The van der Waals surface area contributed by atoms with Crippen LogP contribution in [-0.4, -0.2) is 10.1 Å². The number of hydrogen-bond donors (Lipinski definition) is 1. The molecule has 0 saturated heterocycles. The third-order valence-corrected chi connectivity index (χ3v) is 2.81. The van der Waals surface area contributed by atoms with Crippen LogP contribution in [0.3, 0.4) is 0 Å². The Kier molecular flexibility index (Phi) is 2.64. The fourth-order valence-corrected chi connectivity index (χ4v) is 1.81. The minimum atomic E-state index is 0.340. The van der Waals surface area contributed by atoms with Crippen molar-refractivity contribution in [3.05, 3.63) is 41.1 Å². The first-order chi connectivity index (χ1) is 8.72. The predicted octanol–water partition coefficient (Wildman–Crippen LogP) is 3.34. The molecule has 2 heterocycles. The van der Waals surface area contributed by atoms with Gasteiger partial charge >= 0.3 is 0 Å². The number of nitrogen functional groups attached to an aromatic ring is 1. The molecule has 6 heteroatoms. The molecule has 0 aliphatic carbocycles. The third kappa shape index (κ3) is 2.02. The normalized spacial score (nSPS) is 10.7. The predicted molar refractivity (Wildman–Crippen MR) is 69.5 cm³/mol. The summed E-state index contributed by atoms with van der Waals surface area (Å²) in [5, 5.41) is 3.90. The Labute approximate surface area is 111 Å². The van der Waals surface area contributed by atoms with Crippen molar-refractivity contribution in [2.75, 3.05) is 5.73 Å². The summed E-state index contributed by atoms with van der Waals surface area (Å²) in [6.07, 6.45) is 0. The fourth-order valence-electron chi connectivity index (χ4n) is 1.50. The molecule has 0 aliphatic rings. The molecule has 0 aliphatic heterocycles. The third-order valence-electron chi connectivity index (χ3n) is 2.38. The van der Waals surface area contributed by atoms with Gasteiger partial charge in [-0.05, 0) is 52.3 Å². The summed E-state index contributed by atoms with van der Waals surface area (Å²) < 4.78 is 11.1. The van der Waals surface area contributed by atoms with E-state index in [1.54, 1.807) is 24.3 Å². The monoisotopic (exact) mass is 305 g/mol. The molecule has 0 unspecified atom stereocenters.